The van der Waals surface area contributed by atoms with Crippen LogP contribution in [0.2, 0.25) is 0 Å². The second-order valence-corrected chi connectivity index (χ2v) is 5.38. The maximum absolute atomic E-state index is 5.70. The molecule has 0 radical (unpaired) electrons. The lowest BCUT2D eigenvalue weighted by molar-refractivity contribution is 0.0355. The molecule has 0 unspecified atom stereocenters. The van der Waals surface area contributed by atoms with Crippen molar-refractivity contribution in [2.24, 2.45) is 11.8 Å². The van der Waals surface area contributed by atoms with Gasteiger partial charge < -0.3 is 14.8 Å². The first-order valence-electron chi connectivity index (χ1n) is 7.10. The van der Waals surface area contributed by atoms with Crippen molar-refractivity contribution >= 4 is 0 Å². The van der Waals surface area contributed by atoms with E-state index in [1.807, 2.05) is 6.08 Å². The van der Waals surface area contributed by atoms with Crippen LogP contribution < -0.4 is 5.32 Å². The highest BCUT2D eigenvalue weighted by molar-refractivity contribution is 4.82. The lowest BCUT2D eigenvalue weighted by atomic mass is 10.1. The van der Waals surface area contributed by atoms with E-state index in [1.165, 1.54) is 0 Å². The van der Waals surface area contributed by atoms with E-state index in [0.29, 0.717) is 11.8 Å². The molecule has 0 spiro atoms. The van der Waals surface area contributed by atoms with Crippen LogP contribution >= 0.6 is 0 Å². The van der Waals surface area contributed by atoms with E-state index in [4.69, 9.17) is 9.47 Å². The van der Waals surface area contributed by atoms with Gasteiger partial charge >= 0.3 is 0 Å². The van der Waals surface area contributed by atoms with E-state index in [0.717, 1.165) is 39.3 Å². The Morgan fingerprint density at radius 1 is 1.11 bits per heavy atom. The summed E-state index contributed by atoms with van der Waals surface area (Å²) >= 11 is 0. The quantitative estimate of drug-likeness (QED) is 0.431. The molecule has 0 aromatic carbocycles. The van der Waals surface area contributed by atoms with Gasteiger partial charge in [-0.1, -0.05) is 33.8 Å². The summed E-state index contributed by atoms with van der Waals surface area (Å²) in [5.74, 6) is 1.19. The first-order chi connectivity index (χ1) is 8.57. The van der Waals surface area contributed by atoms with E-state index in [1.54, 1.807) is 0 Å². The lowest BCUT2D eigenvalue weighted by Gasteiger charge is -2.17. The monoisotopic (exact) mass is 257 g/mol. The Morgan fingerprint density at radius 2 is 1.83 bits per heavy atom. The van der Waals surface area contributed by atoms with Crippen molar-refractivity contribution in [2.75, 3.05) is 32.9 Å². The van der Waals surface area contributed by atoms with Gasteiger partial charge in [0.2, 0.25) is 0 Å². The van der Waals surface area contributed by atoms with Crippen LogP contribution in [-0.4, -0.2) is 39.0 Å². The zero-order valence-corrected chi connectivity index (χ0v) is 12.6. The normalized spacial score (nSPS) is 13.2. The molecule has 0 heterocycles. The molecule has 0 aliphatic carbocycles. The summed E-state index contributed by atoms with van der Waals surface area (Å²) in [5, 5.41) is 3.35. The molecule has 0 bridgehead atoms. The van der Waals surface area contributed by atoms with Crippen LogP contribution in [0.5, 0.6) is 0 Å². The van der Waals surface area contributed by atoms with Gasteiger partial charge in [-0.3, -0.25) is 0 Å². The number of nitrogens with one attached hydrogen (secondary N) is 1. The third kappa shape index (κ3) is 10.8. The summed E-state index contributed by atoms with van der Waals surface area (Å²) in [5.41, 5.74) is 0. The highest BCUT2D eigenvalue weighted by Gasteiger charge is 2.08. The zero-order chi connectivity index (χ0) is 13.8. The van der Waals surface area contributed by atoms with Gasteiger partial charge in [-0.15, -0.1) is 6.58 Å². The Kier molecular flexibility index (Phi) is 11.4. The summed E-state index contributed by atoms with van der Waals surface area (Å²) in [7, 11) is 0. The van der Waals surface area contributed by atoms with Crippen molar-refractivity contribution in [3.63, 3.8) is 0 Å². The van der Waals surface area contributed by atoms with Crippen LogP contribution in [0.3, 0.4) is 0 Å². The van der Waals surface area contributed by atoms with Crippen LogP contribution in [0.4, 0.5) is 0 Å². The average molecular weight is 257 g/mol. The molecular weight excluding hydrogens is 226 g/mol. The van der Waals surface area contributed by atoms with Gasteiger partial charge in [0.15, 0.2) is 0 Å². The predicted molar refractivity (Wildman–Crippen MR) is 77.9 cm³/mol. The van der Waals surface area contributed by atoms with Crippen LogP contribution in [0, 0.1) is 11.8 Å². The van der Waals surface area contributed by atoms with Crippen molar-refractivity contribution in [1.29, 1.82) is 0 Å². The number of hydrogen-bond donors (Lipinski definition) is 1. The van der Waals surface area contributed by atoms with Gasteiger partial charge in [0, 0.05) is 19.8 Å². The summed E-state index contributed by atoms with van der Waals surface area (Å²) in [6.45, 7) is 16.8. The van der Waals surface area contributed by atoms with Crippen molar-refractivity contribution in [3.05, 3.63) is 12.7 Å². The molecule has 18 heavy (non-hydrogen) atoms. The number of hydrogen-bond acceptors (Lipinski definition) is 3. The Bertz CT molecular complexity index is 193. The average Bonchev–Trinajstić information content (AvgIpc) is 2.31. The maximum Gasteiger partial charge on any atom is 0.0776 e. The summed E-state index contributed by atoms with van der Waals surface area (Å²) in [6, 6.07) is 0. The van der Waals surface area contributed by atoms with Crippen LogP contribution in [0.25, 0.3) is 0 Å². The lowest BCUT2D eigenvalue weighted by Crippen LogP contribution is -2.24. The van der Waals surface area contributed by atoms with Gasteiger partial charge in [-0.25, -0.2) is 0 Å². The Hall–Kier alpha value is -0.380. The predicted octanol–water partition coefficient (Wildman–Crippen LogP) is 2.87. The summed E-state index contributed by atoms with van der Waals surface area (Å²) < 4.78 is 11.2. The van der Waals surface area contributed by atoms with Crippen LogP contribution in [0.1, 0.15) is 34.1 Å². The molecule has 108 valence electrons. The smallest absolute Gasteiger partial charge is 0.0776 e. The molecule has 0 amide bonds. The molecule has 1 atom stereocenters. The fraction of sp³-hybridized carbons (Fsp3) is 0.867. The van der Waals surface area contributed by atoms with Crippen LogP contribution in [0.15, 0.2) is 12.7 Å². The van der Waals surface area contributed by atoms with Crippen molar-refractivity contribution < 1.29 is 9.47 Å². The van der Waals surface area contributed by atoms with Crippen LogP contribution in [-0.2, 0) is 9.47 Å². The number of ether oxygens (including phenoxy) is 2. The second kappa shape index (κ2) is 11.7. The molecule has 0 aromatic rings. The molecule has 0 aromatic heterocycles. The summed E-state index contributed by atoms with van der Waals surface area (Å²) in [4.78, 5) is 0. The first-order valence-corrected chi connectivity index (χ1v) is 7.10. The van der Waals surface area contributed by atoms with Crippen molar-refractivity contribution in [3.8, 4) is 0 Å². The molecule has 1 N–H and O–H groups in total. The molecule has 0 saturated heterocycles. The van der Waals surface area contributed by atoms with Crippen molar-refractivity contribution in [2.45, 2.75) is 40.2 Å². The third-order valence-corrected chi connectivity index (χ3v) is 2.61. The minimum absolute atomic E-state index is 0.165. The zero-order valence-electron chi connectivity index (χ0n) is 12.6. The molecular formula is C15H31NO2. The van der Waals surface area contributed by atoms with Gasteiger partial charge in [-0.2, -0.15) is 0 Å². The highest BCUT2D eigenvalue weighted by Crippen LogP contribution is 2.07. The Morgan fingerprint density at radius 3 is 2.39 bits per heavy atom. The highest BCUT2D eigenvalue weighted by atomic mass is 16.5. The number of rotatable bonds is 12. The maximum atomic E-state index is 5.70. The van der Waals surface area contributed by atoms with E-state index < -0.39 is 0 Å². The third-order valence-electron chi connectivity index (χ3n) is 2.61. The van der Waals surface area contributed by atoms with Gasteiger partial charge in [0.1, 0.15) is 0 Å². The Balaban J connectivity index is 3.23. The van der Waals surface area contributed by atoms with Crippen molar-refractivity contribution in [1.82, 2.24) is 5.32 Å². The van der Waals surface area contributed by atoms with E-state index in [2.05, 4.69) is 39.6 Å². The first kappa shape index (κ1) is 17.6. The second-order valence-electron chi connectivity index (χ2n) is 5.38. The molecule has 3 heteroatoms. The van der Waals surface area contributed by atoms with E-state index in [-0.39, 0.29) is 6.10 Å². The standard InChI is InChI=1S/C15H31NO2/c1-6-15(14(4)5)18-10-7-9-17-11-8-16-12-13(2)3/h6,13-16H,1,7-12H2,2-5H3/t15-/m0/s1. The Labute approximate surface area is 113 Å². The minimum Gasteiger partial charge on any atom is -0.380 e. The summed E-state index contributed by atoms with van der Waals surface area (Å²) in [6.07, 6.45) is 2.99. The fourth-order valence-electron chi connectivity index (χ4n) is 1.55. The topological polar surface area (TPSA) is 30.5 Å². The molecule has 0 saturated carbocycles. The molecule has 0 aliphatic rings. The minimum atomic E-state index is 0.165. The molecule has 0 rings (SSSR count). The molecule has 3 nitrogen and oxygen atoms in total. The molecule has 0 fully saturated rings. The van der Waals surface area contributed by atoms with Gasteiger partial charge in [-0.05, 0) is 24.8 Å². The van der Waals surface area contributed by atoms with E-state index >= 15 is 0 Å². The fourth-order valence-corrected chi connectivity index (χ4v) is 1.55. The SMILES string of the molecule is C=C[C@H](OCCCOCCNCC(C)C)C(C)C. The van der Waals surface area contributed by atoms with Gasteiger partial charge in [0.05, 0.1) is 12.7 Å². The largest absolute Gasteiger partial charge is 0.380 e. The molecule has 0 aliphatic heterocycles. The van der Waals surface area contributed by atoms with Gasteiger partial charge in [0.25, 0.3) is 0 Å². The van der Waals surface area contributed by atoms with E-state index in [9.17, 15) is 0 Å².